The highest BCUT2D eigenvalue weighted by molar-refractivity contribution is 6.04. The number of piperidine rings is 1. The second-order valence-corrected chi connectivity index (χ2v) is 9.53. The molecule has 2 aromatic carbocycles. The van der Waals surface area contributed by atoms with Gasteiger partial charge >= 0.3 is 0 Å². The lowest BCUT2D eigenvalue weighted by Gasteiger charge is -2.28. The van der Waals surface area contributed by atoms with Crippen LogP contribution in [0.25, 0.3) is 22.0 Å². The van der Waals surface area contributed by atoms with E-state index in [1.807, 2.05) is 0 Å². The maximum absolute atomic E-state index is 15.5. The topological polar surface area (TPSA) is 114 Å². The molecule has 1 saturated carbocycles. The van der Waals surface area contributed by atoms with Crippen molar-refractivity contribution >= 4 is 34.3 Å². The molecule has 3 atom stereocenters. The molecule has 4 aromatic rings. The molecule has 0 spiro atoms. The van der Waals surface area contributed by atoms with E-state index in [9.17, 15) is 18.8 Å². The number of nitrogens with zero attached hydrogens (tertiary/aromatic N) is 5. The lowest BCUT2D eigenvalue weighted by molar-refractivity contribution is -0.140. The van der Waals surface area contributed by atoms with E-state index in [2.05, 4.69) is 10.1 Å². The number of carbonyl (C=O) groups excluding carboxylic acids is 3. The van der Waals surface area contributed by atoms with Crippen LogP contribution in [0.1, 0.15) is 23.3 Å². The summed E-state index contributed by atoms with van der Waals surface area (Å²) >= 11 is 0. The number of fused-ring (bicyclic) bond motifs is 2. The van der Waals surface area contributed by atoms with Crippen molar-refractivity contribution in [3.05, 3.63) is 78.5 Å². The van der Waals surface area contributed by atoms with Gasteiger partial charge in [-0.25, -0.2) is 4.39 Å². The highest BCUT2D eigenvalue weighted by Gasteiger charge is 2.57. The Morgan fingerprint density at radius 1 is 1.08 bits per heavy atom. The van der Waals surface area contributed by atoms with Crippen molar-refractivity contribution in [2.75, 3.05) is 5.12 Å². The van der Waals surface area contributed by atoms with Gasteiger partial charge in [0.15, 0.2) is 5.69 Å². The van der Waals surface area contributed by atoms with Crippen LogP contribution in [0.15, 0.2) is 67.0 Å². The molecular formula is C27H22F2N6O3. The van der Waals surface area contributed by atoms with Crippen LogP contribution in [-0.4, -0.2) is 49.5 Å². The SMILES string of the molecule is NC(=O)c1nn(CC(=O)N2[C@@H]3C[C@@H]3C[C@H]2C(=O)N(F)c2cccc(-c3ccccc3F)c2)c2cnccc12. The summed E-state index contributed by atoms with van der Waals surface area (Å²) in [5.74, 6) is -2.39. The number of nitrogens with two attached hydrogens (primary N) is 1. The van der Waals surface area contributed by atoms with E-state index in [0.29, 0.717) is 22.9 Å². The first-order valence-corrected chi connectivity index (χ1v) is 12.1. The van der Waals surface area contributed by atoms with Gasteiger partial charge in [-0.05, 0) is 48.6 Å². The monoisotopic (exact) mass is 516 g/mol. The fraction of sp³-hybridized carbons (Fsp3) is 0.222. The molecule has 1 aliphatic heterocycles. The zero-order chi connectivity index (χ0) is 26.6. The van der Waals surface area contributed by atoms with Gasteiger partial charge in [-0.15, -0.1) is 5.12 Å². The molecule has 0 bridgehead atoms. The molecule has 2 fully saturated rings. The second kappa shape index (κ2) is 9.02. The predicted octanol–water partition coefficient (Wildman–Crippen LogP) is 3.24. The number of amides is 3. The second-order valence-electron chi connectivity index (χ2n) is 9.53. The average molecular weight is 517 g/mol. The summed E-state index contributed by atoms with van der Waals surface area (Å²) in [6.07, 6.45) is 4.04. The Morgan fingerprint density at radius 3 is 2.68 bits per heavy atom. The minimum atomic E-state index is -0.996. The molecule has 3 amide bonds. The van der Waals surface area contributed by atoms with Gasteiger partial charge in [0.05, 0.1) is 17.4 Å². The Balaban J connectivity index is 1.25. The van der Waals surface area contributed by atoms with Gasteiger partial charge in [-0.2, -0.15) is 5.10 Å². The molecule has 38 heavy (non-hydrogen) atoms. The van der Waals surface area contributed by atoms with E-state index in [-0.39, 0.29) is 40.6 Å². The van der Waals surface area contributed by atoms with Crippen LogP contribution < -0.4 is 10.9 Å². The van der Waals surface area contributed by atoms with Gasteiger partial charge in [-0.1, -0.05) is 34.8 Å². The number of rotatable bonds is 6. The summed E-state index contributed by atoms with van der Waals surface area (Å²) in [5, 5.41) is 4.68. The number of benzene rings is 2. The highest BCUT2D eigenvalue weighted by Crippen LogP contribution is 2.48. The largest absolute Gasteiger partial charge is 0.364 e. The quantitative estimate of drug-likeness (QED) is 0.395. The van der Waals surface area contributed by atoms with E-state index in [1.165, 1.54) is 40.2 Å². The normalized spacial score (nSPS) is 19.8. The Morgan fingerprint density at radius 2 is 1.89 bits per heavy atom. The van der Waals surface area contributed by atoms with Crippen molar-refractivity contribution < 1.29 is 23.3 Å². The van der Waals surface area contributed by atoms with Crippen LogP contribution >= 0.6 is 0 Å². The molecule has 1 aliphatic carbocycles. The third-order valence-electron chi connectivity index (χ3n) is 7.20. The average Bonchev–Trinajstić information content (AvgIpc) is 3.43. The van der Waals surface area contributed by atoms with Gasteiger partial charge in [0.1, 0.15) is 18.4 Å². The van der Waals surface area contributed by atoms with Crippen molar-refractivity contribution in [1.82, 2.24) is 19.7 Å². The maximum atomic E-state index is 15.5. The summed E-state index contributed by atoms with van der Waals surface area (Å²) in [4.78, 5) is 44.0. The summed E-state index contributed by atoms with van der Waals surface area (Å²) in [5.41, 5.74) is 6.54. The summed E-state index contributed by atoms with van der Waals surface area (Å²) in [7, 11) is 0. The van der Waals surface area contributed by atoms with Gasteiger partial charge in [-0.3, -0.25) is 24.0 Å². The summed E-state index contributed by atoms with van der Waals surface area (Å²) < 4.78 is 31.1. The number of pyridine rings is 1. The first-order valence-electron chi connectivity index (χ1n) is 12.1. The van der Waals surface area contributed by atoms with E-state index < -0.39 is 29.6 Å². The van der Waals surface area contributed by atoms with E-state index in [0.717, 1.165) is 6.42 Å². The molecule has 2 aromatic heterocycles. The Hall–Kier alpha value is -4.67. The van der Waals surface area contributed by atoms with Crippen molar-refractivity contribution in [1.29, 1.82) is 0 Å². The van der Waals surface area contributed by atoms with E-state index in [1.54, 1.807) is 36.4 Å². The molecule has 3 heterocycles. The molecular weight excluding hydrogens is 494 g/mol. The minimum Gasteiger partial charge on any atom is -0.364 e. The minimum absolute atomic E-state index is 0.0122. The fourth-order valence-electron chi connectivity index (χ4n) is 5.32. The molecule has 6 rings (SSSR count). The van der Waals surface area contributed by atoms with Crippen molar-refractivity contribution in [2.24, 2.45) is 11.7 Å². The zero-order valence-electron chi connectivity index (χ0n) is 20.0. The van der Waals surface area contributed by atoms with Gasteiger partial charge in [0.2, 0.25) is 5.91 Å². The van der Waals surface area contributed by atoms with Gasteiger partial charge in [0.25, 0.3) is 11.8 Å². The molecule has 2 aliphatic rings. The van der Waals surface area contributed by atoms with Crippen molar-refractivity contribution in [3.8, 4) is 11.1 Å². The number of carbonyl (C=O) groups is 3. The molecule has 11 heteroatoms. The highest BCUT2D eigenvalue weighted by atomic mass is 19.2. The molecule has 0 unspecified atom stereocenters. The van der Waals surface area contributed by atoms with Crippen molar-refractivity contribution in [3.63, 3.8) is 0 Å². The molecule has 0 radical (unpaired) electrons. The van der Waals surface area contributed by atoms with Crippen LogP contribution in [0.2, 0.25) is 0 Å². The molecule has 2 N–H and O–H groups in total. The third-order valence-corrected chi connectivity index (χ3v) is 7.20. The van der Waals surface area contributed by atoms with Crippen LogP contribution in [-0.2, 0) is 16.1 Å². The predicted molar refractivity (Wildman–Crippen MR) is 134 cm³/mol. The lowest BCUT2D eigenvalue weighted by atomic mass is 10.0. The maximum Gasteiger partial charge on any atom is 0.277 e. The van der Waals surface area contributed by atoms with Gasteiger partial charge in [0, 0.05) is 23.2 Å². The summed E-state index contributed by atoms with van der Waals surface area (Å²) in [6, 6.07) is 12.5. The van der Waals surface area contributed by atoms with Crippen LogP contribution in [0.4, 0.5) is 14.6 Å². The number of hydrogen-bond acceptors (Lipinski definition) is 5. The first kappa shape index (κ1) is 23.7. The van der Waals surface area contributed by atoms with Crippen LogP contribution in [0, 0.1) is 11.7 Å². The molecule has 9 nitrogen and oxygen atoms in total. The van der Waals surface area contributed by atoms with Crippen LogP contribution in [0.5, 0.6) is 0 Å². The summed E-state index contributed by atoms with van der Waals surface area (Å²) in [6.45, 7) is -0.266. The Bertz CT molecular complexity index is 1600. The van der Waals surface area contributed by atoms with Crippen molar-refractivity contribution in [2.45, 2.75) is 31.5 Å². The Kier molecular flexibility index (Phi) is 5.63. The molecule has 1 saturated heterocycles. The number of likely N-dealkylation sites (tertiary alicyclic amines) is 1. The first-order chi connectivity index (χ1) is 18.3. The number of halogens is 2. The van der Waals surface area contributed by atoms with E-state index >= 15 is 4.48 Å². The van der Waals surface area contributed by atoms with Gasteiger partial charge < -0.3 is 10.6 Å². The molecule has 192 valence electrons. The standard InChI is InChI=1S/C27H22F2N6O3/c28-20-7-2-1-6-18(20)15-4-3-5-17(10-15)35(29)27(38)22-12-16-11-21(16)34(22)24(36)14-33-23-13-31-9-8-19(23)25(32-33)26(30)37/h1-10,13,16,21-22H,11-12,14H2,(H2,30,37)/t16-,21-,22+/m1/s1. The van der Waals surface area contributed by atoms with Crippen LogP contribution in [0.3, 0.4) is 0 Å². The Labute approximate surface area is 215 Å². The lowest BCUT2D eigenvalue weighted by Crippen LogP contribution is -2.48. The third kappa shape index (κ3) is 3.96. The number of aromatic nitrogens is 3. The number of hydrogen-bond donors (Lipinski definition) is 1. The fourth-order valence-corrected chi connectivity index (χ4v) is 5.32. The zero-order valence-corrected chi connectivity index (χ0v) is 20.0. The number of anilines is 1. The smallest absolute Gasteiger partial charge is 0.277 e. The number of primary amides is 1. The van der Waals surface area contributed by atoms with E-state index in [4.69, 9.17) is 5.73 Å².